The van der Waals surface area contributed by atoms with E-state index in [1.807, 2.05) is 0 Å². The number of benzene rings is 1. The van der Waals surface area contributed by atoms with Crippen molar-refractivity contribution in [2.24, 2.45) is 0 Å². The molecule has 0 bridgehead atoms. The highest BCUT2D eigenvalue weighted by Crippen LogP contribution is 2.24. The van der Waals surface area contributed by atoms with Crippen LogP contribution in [0.4, 0.5) is 8.78 Å². The first-order chi connectivity index (χ1) is 9.76. The summed E-state index contributed by atoms with van der Waals surface area (Å²) in [6, 6.07) is 2.40. The zero-order chi connectivity index (χ0) is 15.6. The van der Waals surface area contributed by atoms with E-state index >= 15 is 0 Å². The molecule has 0 amide bonds. The lowest BCUT2D eigenvalue weighted by Crippen LogP contribution is -2.37. The molecule has 114 valence electrons. The maximum Gasteiger partial charge on any atom is 0.133 e. The molecule has 0 fully saturated rings. The third kappa shape index (κ3) is 4.11. The molecule has 0 saturated heterocycles. The monoisotopic (exact) mass is 293 g/mol. The summed E-state index contributed by atoms with van der Waals surface area (Å²) in [4.78, 5) is 7.27. The van der Waals surface area contributed by atoms with Gasteiger partial charge in [0.05, 0.1) is 11.9 Å². The minimum absolute atomic E-state index is 0.0433. The summed E-state index contributed by atoms with van der Waals surface area (Å²) in [7, 11) is 0. The Bertz CT molecular complexity index is 627. The van der Waals surface area contributed by atoms with E-state index < -0.39 is 11.6 Å². The molecule has 2 rings (SSSR count). The lowest BCUT2D eigenvalue weighted by Gasteiger charge is -2.19. The van der Waals surface area contributed by atoms with E-state index in [2.05, 4.69) is 36.1 Å². The van der Waals surface area contributed by atoms with Crippen LogP contribution in [0.5, 0.6) is 0 Å². The number of nitrogens with zero attached hydrogens (tertiary/aromatic N) is 1. The summed E-state index contributed by atoms with van der Waals surface area (Å²) >= 11 is 0. The molecule has 3 nitrogen and oxygen atoms in total. The Morgan fingerprint density at radius 1 is 1.19 bits per heavy atom. The summed E-state index contributed by atoms with van der Waals surface area (Å²) in [6.07, 6.45) is 2.24. The zero-order valence-corrected chi connectivity index (χ0v) is 12.8. The number of imidazole rings is 1. The van der Waals surface area contributed by atoms with E-state index in [0.29, 0.717) is 17.7 Å². The molecule has 1 aromatic heterocycles. The summed E-state index contributed by atoms with van der Waals surface area (Å²) in [5.41, 5.74) is 1.05. The van der Waals surface area contributed by atoms with Crippen molar-refractivity contribution < 1.29 is 8.78 Å². The van der Waals surface area contributed by atoms with Gasteiger partial charge in [0.2, 0.25) is 0 Å². The maximum atomic E-state index is 13.9. The van der Waals surface area contributed by atoms with E-state index in [9.17, 15) is 8.78 Å². The Labute approximate surface area is 123 Å². The van der Waals surface area contributed by atoms with Crippen LogP contribution in [-0.4, -0.2) is 22.1 Å². The SMILES string of the molecule is Cc1cc(F)c(-c2cnc(CCNC(C)(C)C)[nH]2)cc1F. The summed E-state index contributed by atoms with van der Waals surface area (Å²) < 4.78 is 27.5. The molecule has 5 heteroatoms. The fourth-order valence-corrected chi connectivity index (χ4v) is 2.03. The van der Waals surface area contributed by atoms with Crippen LogP contribution in [0.1, 0.15) is 32.2 Å². The van der Waals surface area contributed by atoms with Crippen molar-refractivity contribution in [3.8, 4) is 11.3 Å². The van der Waals surface area contributed by atoms with E-state index in [-0.39, 0.29) is 11.1 Å². The molecular formula is C16H21F2N3. The van der Waals surface area contributed by atoms with Crippen molar-refractivity contribution in [3.05, 3.63) is 41.4 Å². The molecule has 1 heterocycles. The van der Waals surface area contributed by atoms with Gasteiger partial charge in [0.1, 0.15) is 17.5 Å². The highest BCUT2D eigenvalue weighted by molar-refractivity contribution is 5.60. The fourth-order valence-electron chi connectivity index (χ4n) is 2.03. The second-order valence-electron chi connectivity index (χ2n) is 6.25. The number of rotatable bonds is 4. The summed E-state index contributed by atoms with van der Waals surface area (Å²) in [5, 5.41) is 3.35. The minimum Gasteiger partial charge on any atom is -0.342 e. The van der Waals surface area contributed by atoms with Gasteiger partial charge in [-0.05, 0) is 45.4 Å². The quantitative estimate of drug-likeness (QED) is 0.904. The average molecular weight is 293 g/mol. The summed E-state index contributed by atoms with van der Waals surface area (Å²) in [6.45, 7) is 8.57. The first-order valence-corrected chi connectivity index (χ1v) is 7.01. The van der Waals surface area contributed by atoms with Crippen LogP contribution < -0.4 is 5.32 Å². The molecule has 21 heavy (non-hydrogen) atoms. The lowest BCUT2D eigenvalue weighted by molar-refractivity contribution is 0.427. The zero-order valence-electron chi connectivity index (χ0n) is 12.8. The van der Waals surface area contributed by atoms with Crippen LogP contribution >= 0.6 is 0 Å². The fraction of sp³-hybridized carbons (Fsp3) is 0.438. The molecule has 0 unspecified atom stereocenters. The molecule has 2 aromatic rings. The van der Waals surface area contributed by atoms with Crippen molar-refractivity contribution in [1.29, 1.82) is 0 Å². The minimum atomic E-state index is -0.447. The number of nitrogens with one attached hydrogen (secondary N) is 2. The Morgan fingerprint density at radius 2 is 1.90 bits per heavy atom. The molecule has 0 aliphatic carbocycles. The smallest absolute Gasteiger partial charge is 0.133 e. The predicted molar refractivity (Wildman–Crippen MR) is 80.1 cm³/mol. The highest BCUT2D eigenvalue weighted by atomic mass is 19.1. The van der Waals surface area contributed by atoms with Crippen LogP contribution in [0.25, 0.3) is 11.3 Å². The first-order valence-electron chi connectivity index (χ1n) is 7.01. The summed E-state index contributed by atoms with van der Waals surface area (Å²) in [5.74, 6) is -0.115. The van der Waals surface area contributed by atoms with Gasteiger partial charge in [0, 0.05) is 24.1 Å². The van der Waals surface area contributed by atoms with E-state index in [0.717, 1.165) is 12.4 Å². The van der Waals surface area contributed by atoms with Crippen molar-refractivity contribution in [1.82, 2.24) is 15.3 Å². The van der Waals surface area contributed by atoms with Crippen molar-refractivity contribution >= 4 is 0 Å². The standard InChI is InChI=1S/C16H21F2N3/c1-10-7-13(18)11(8-12(10)17)14-9-19-15(21-14)5-6-20-16(2,3)4/h7-9,20H,5-6H2,1-4H3,(H,19,21). The van der Waals surface area contributed by atoms with Crippen LogP contribution in [0.3, 0.4) is 0 Å². The Hall–Kier alpha value is -1.75. The van der Waals surface area contributed by atoms with Crippen LogP contribution in [-0.2, 0) is 6.42 Å². The van der Waals surface area contributed by atoms with Crippen molar-refractivity contribution in [2.75, 3.05) is 6.54 Å². The van der Waals surface area contributed by atoms with Gasteiger partial charge in [0.25, 0.3) is 0 Å². The second-order valence-corrected chi connectivity index (χ2v) is 6.25. The molecule has 0 saturated carbocycles. The average Bonchev–Trinajstić information content (AvgIpc) is 2.81. The Balaban J connectivity index is 2.11. The third-order valence-corrected chi connectivity index (χ3v) is 3.18. The van der Waals surface area contributed by atoms with Gasteiger partial charge in [0.15, 0.2) is 0 Å². The Morgan fingerprint density at radius 3 is 2.57 bits per heavy atom. The molecule has 0 aliphatic heterocycles. The van der Waals surface area contributed by atoms with E-state index in [1.165, 1.54) is 12.1 Å². The van der Waals surface area contributed by atoms with Crippen LogP contribution in [0, 0.1) is 18.6 Å². The molecule has 0 aliphatic rings. The molecule has 0 spiro atoms. The van der Waals surface area contributed by atoms with Gasteiger partial charge in [-0.1, -0.05) is 0 Å². The maximum absolute atomic E-state index is 13.9. The van der Waals surface area contributed by atoms with Gasteiger partial charge < -0.3 is 10.3 Å². The van der Waals surface area contributed by atoms with Gasteiger partial charge in [-0.3, -0.25) is 0 Å². The van der Waals surface area contributed by atoms with E-state index in [4.69, 9.17) is 0 Å². The van der Waals surface area contributed by atoms with Gasteiger partial charge in [-0.25, -0.2) is 13.8 Å². The molecule has 1 aromatic carbocycles. The second kappa shape index (κ2) is 5.93. The topological polar surface area (TPSA) is 40.7 Å². The highest BCUT2D eigenvalue weighted by Gasteiger charge is 2.13. The van der Waals surface area contributed by atoms with E-state index in [1.54, 1.807) is 13.1 Å². The normalized spacial score (nSPS) is 11.9. The predicted octanol–water partition coefficient (Wildman–Crippen LogP) is 3.59. The lowest BCUT2D eigenvalue weighted by atomic mass is 10.1. The number of hydrogen-bond acceptors (Lipinski definition) is 2. The number of aryl methyl sites for hydroxylation is 1. The molecule has 0 atom stereocenters. The number of hydrogen-bond donors (Lipinski definition) is 2. The van der Waals surface area contributed by atoms with Gasteiger partial charge in [-0.15, -0.1) is 0 Å². The number of halogens is 2. The van der Waals surface area contributed by atoms with Crippen molar-refractivity contribution in [2.45, 2.75) is 39.7 Å². The number of aromatic amines is 1. The first kappa shape index (κ1) is 15.6. The largest absolute Gasteiger partial charge is 0.342 e. The molecule has 0 radical (unpaired) electrons. The molecule has 2 N–H and O–H groups in total. The van der Waals surface area contributed by atoms with Gasteiger partial charge >= 0.3 is 0 Å². The number of aromatic nitrogens is 2. The van der Waals surface area contributed by atoms with Gasteiger partial charge in [-0.2, -0.15) is 0 Å². The Kier molecular flexibility index (Phi) is 4.42. The van der Waals surface area contributed by atoms with Crippen LogP contribution in [0.2, 0.25) is 0 Å². The van der Waals surface area contributed by atoms with Crippen LogP contribution in [0.15, 0.2) is 18.3 Å². The third-order valence-electron chi connectivity index (χ3n) is 3.18. The number of H-pyrrole nitrogens is 1. The van der Waals surface area contributed by atoms with Crippen molar-refractivity contribution in [3.63, 3.8) is 0 Å². The molecular weight excluding hydrogens is 272 g/mol.